The summed E-state index contributed by atoms with van der Waals surface area (Å²) in [5.74, 6) is -0.116. The third-order valence-electron chi connectivity index (χ3n) is 2.22. The van der Waals surface area contributed by atoms with Gasteiger partial charge in [-0.2, -0.15) is 0 Å². The molecule has 0 aliphatic carbocycles. The number of halogens is 1. The molecule has 0 amide bonds. The summed E-state index contributed by atoms with van der Waals surface area (Å²) >= 11 is 6.36. The lowest BCUT2D eigenvalue weighted by Gasteiger charge is -2.01. The Morgan fingerprint density at radius 2 is 1.90 bits per heavy atom. The molecule has 20 heavy (non-hydrogen) atoms. The smallest absolute Gasteiger partial charge is 0.335 e. The number of carbonyl (C=O) groups is 1. The van der Waals surface area contributed by atoms with E-state index in [1.165, 1.54) is 17.4 Å². The second kappa shape index (κ2) is 11.4. The molecule has 0 aliphatic rings. The molecular weight excluding hydrogens is 292 g/mol. The SMILES string of the molecule is C=C/C(=C\C=C(/C)CSc1ccccc1)C(=O)O.CCl. The van der Waals surface area contributed by atoms with Crippen molar-refractivity contribution < 1.29 is 9.90 Å². The summed E-state index contributed by atoms with van der Waals surface area (Å²) in [4.78, 5) is 12.0. The molecule has 2 nitrogen and oxygen atoms in total. The summed E-state index contributed by atoms with van der Waals surface area (Å²) in [7, 11) is 0. The van der Waals surface area contributed by atoms with Crippen molar-refractivity contribution in [2.45, 2.75) is 11.8 Å². The minimum Gasteiger partial charge on any atom is -0.478 e. The van der Waals surface area contributed by atoms with E-state index in [1.807, 2.05) is 31.2 Å². The Kier molecular flexibility index (Phi) is 10.6. The van der Waals surface area contributed by atoms with Crippen LogP contribution in [0.2, 0.25) is 0 Å². The van der Waals surface area contributed by atoms with E-state index in [2.05, 4.69) is 30.3 Å². The van der Waals surface area contributed by atoms with Crippen LogP contribution in [-0.2, 0) is 4.79 Å². The highest BCUT2D eigenvalue weighted by atomic mass is 35.5. The number of benzene rings is 1. The lowest BCUT2D eigenvalue weighted by molar-refractivity contribution is -0.132. The number of alkyl halides is 1. The highest BCUT2D eigenvalue weighted by molar-refractivity contribution is 7.99. The van der Waals surface area contributed by atoms with Crippen molar-refractivity contribution in [3.8, 4) is 0 Å². The molecule has 0 atom stereocenters. The van der Waals surface area contributed by atoms with Gasteiger partial charge >= 0.3 is 5.97 Å². The molecule has 108 valence electrons. The summed E-state index contributed by atoms with van der Waals surface area (Å²) in [6, 6.07) is 10.1. The maximum Gasteiger partial charge on any atom is 0.335 e. The van der Waals surface area contributed by atoms with Crippen LogP contribution in [0, 0.1) is 0 Å². The van der Waals surface area contributed by atoms with E-state index >= 15 is 0 Å². The summed E-state index contributed by atoms with van der Waals surface area (Å²) < 4.78 is 0. The Morgan fingerprint density at radius 1 is 1.30 bits per heavy atom. The molecule has 0 radical (unpaired) electrons. The zero-order valence-corrected chi connectivity index (χ0v) is 13.2. The molecule has 0 unspecified atom stereocenters. The third-order valence-corrected chi connectivity index (χ3v) is 3.43. The molecule has 0 fully saturated rings. The number of hydrogen-bond acceptors (Lipinski definition) is 2. The van der Waals surface area contributed by atoms with Gasteiger partial charge in [-0.3, -0.25) is 0 Å². The van der Waals surface area contributed by atoms with Crippen LogP contribution in [-0.4, -0.2) is 23.2 Å². The molecule has 0 saturated heterocycles. The third kappa shape index (κ3) is 7.87. The Balaban J connectivity index is 0.00000172. The number of carboxylic acids is 1. The van der Waals surface area contributed by atoms with Crippen LogP contribution in [0.25, 0.3) is 0 Å². The van der Waals surface area contributed by atoms with Crippen molar-refractivity contribution >= 4 is 29.3 Å². The summed E-state index contributed by atoms with van der Waals surface area (Å²) in [5, 5.41) is 8.82. The average molecular weight is 311 g/mol. The number of allylic oxidation sites excluding steroid dienone is 2. The van der Waals surface area contributed by atoms with Crippen LogP contribution in [0.5, 0.6) is 0 Å². The fourth-order valence-corrected chi connectivity index (χ4v) is 2.06. The lowest BCUT2D eigenvalue weighted by Crippen LogP contribution is -1.96. The summed E-state index contributed by atoms with van der Waals surface area (Å²) in [5.41, 5.74) is 1.32. The highest BCUT2D eigenvalue weighted by Crippen LogP contribution is 2.19. The largest absolute Gasteiger partial charge is 0.478 e. The minimum atomic E-state index is -0.954. The molecule has 0 aliphatic heterocycles. The van der Waals surface area contributed by atoms with Gasteiger partial charge in [0.05, 0.1) is 5.57 Å². The molecule has 1 aromatic carbocycles. The van der Waals surface area contributed by atoms with E-state index in [0.29, 0.717) is 0 Å². The zero-order valence-electron chi connectivity index (χ0n) is 11.7. The van der Waals surface area contributed by atoms with E-state index in [-0.39, 0.29) is 5.57 Å². The number of hydrogen-bond donors (Lipinski definition) is 1. The quantitative estimate of drug-likeness (QED) is 0.356. The van der Waals surface area contributed by atoms with Gasteiger partial charge in [0.1, 0.15) is 0 Å². The van der Waals surface area contributed by atoms with E-state index in [9.17, 15) is 4.79 Å². The first-order valence-corrected chi connectivity index (χ1v) is 7.66. The Morgan fingerprint density at radius 3 is 2.40 bits per heavy atom. The molecule has 0 aromatic heterocycles. The molecule has 1 aromatic rings. The van der Waals surface area contributed by atoms with E-state index in [4.69, 9.17) is 5.11 Å². The second-order valence-corrected chi connectivity index (χ2v) is 4.79. The maximum atomic E-state index is 10.7. The van der Waals surface area contributed by atoms with Crippen molar-refractivity contribution in [1.29, 1.82) is 0 Å². The second-order valence-electron chi connectivity index (χ2n) is 3.75. The van der Waals surface area contributed by atoms with Gasteiger partial charge in [0.15, 0.2) is 0 Å². The van der Waals surface area contributed by atoms with Crippen LogP contribution in [0.3, 0.4) is 0 Å². The minimum absolute atomic E-state index is 0.207. The van der Waals surface area contributed by atoms with Crippen molar-refractivity contribution in [2.24, 2.45) is 0 Å². The summed E-state index contributed by atoms with van der Waals surface area (Å²) in [6.45, 7) is 5.45. The molecular formula is C16H19ClO2S. The van der Waals surface area contributed by atoms with Gasteiger partial charge in [-0.05, 0) is 25.1 Å². The first kappa shape index (κ1) is 18.6. The molecule has 1 N–H and O–H groups in total. The zero-order chi connectivity index (χ0) is 15.4. The Hall–Kier alpha value is -1.45. The monoisotopic (exact) mass is 310 g/mol. The molecule has 0 saturated carbocycles. The van der Waals surface area contributed by atoms with E-state index in [0.717, 1.165) is 11.3 Å². The van der Waals surface area contributed by atoms with E-state index in [1.54, 1.807) is 17.8 Å². The van der Waals surface area contributed by atoms with Crippen molar-refractivity contribution in [1.82, 2.24) is 0 Å². The topological polar surface area (TPSA) is 37.3 Å². The molecule has 4 heteroatoms. The summed E-state index contributed by atoms with van der Waals surface area (Å²) in [6.07, 6.45) is 6.22. The standard InChI is InChI=1S/C15H16O2S.CH3Cl/c1-3-13(15(16)17)10-9-12(2)11-18-14-7-5-4-6-8-14;1-2/h3-10H,1,11H2,2H3,(H,16,17);1H3/b12-9+,13-10+;. The van der Waals surface area contributed by atoms with Gasteiger partial charge in [0.2, 0.25) is 0 Å². The molecule has 1 rings (SSSR count). The van der Waals surface area contributed by atoms with Gasteiger partial charge in [0, 0.05) is 17.0 Å². The van der Waals surface area contributed by atoms with Crippen molar-refractivity contribution in [3.63, 3.8) is 0 Å². The van der Waals surface area contributed by atoms with Gasteiger partial charge in [-0.25, -0.2) is 4.79 Å². The molecule has 0 heterocycles. The number of carboxylic acid groups (broad SMARTS) is 1. The number of rotatable bonds is 6. The number of aliphatic carboxylic acids is 1. The van der Waals surface area contributed by atoms with Crippen LogP contribution >= 0.6 is 23.4 Å². The maximum absolute atomic E-state index is 10.7. The van der Waals surface area contributed by atoms with Crippen molar-refractivity contribution in [3.05, 3.63) is 66.3 Å². The highest BCUT2D eigenvalue weighted by Gasteiger charge is 2.00. The van der Waals surface area contributed by atoms with Gasteiger partial charge in [-0.15, -0.1) is 23.4 Å². The van der Waals surface area contributed by atoms with Crippen LogP contribution in [0.4, 0.5) is 0 Å². The van der Waals surface area contributed by atoms with Crippen LogP contribution in [0.1, 0.15) is 6.92 Å². The van der Waals surface area contributed by atoms with Crippen molar-refractivity contribution in [2.75, 3.05) is 12.1 Å². The van der Waals surface area contributed by atoms with E-state index < -0.39 is 5.97 Å². The van der Waals surface area contributed by atoms with Crippen LogP contribution < -0.4 is 0 Å². The predicted molar refractivity (Wildman–Crippen MR) is 88.6 cm³/mol. The first-order chi connectivity index (χ1) is 9.63. The Labute approximate surface area is 129 Å². The Bertz CT molecular complexity index is 479. The lowest BCUT2D eigenvalue weighted by atomic mass is 10.2. The van der Waals surface area contributed by atoms with Crippen LogP contribution in [0.15, 0.2) is 71.2 Å². The fourth-order valence-electron chi connectivity index (χ4n) is 1.22. The van der Waals surface area contributed by atoms with Gasteiger partial charge < -0.3 is 5.11 Å². The number of thioether (sulfide) groups is 1. The van der Waals surface area contributed by atoms with Gasteiger partial charge in [-0.1, -0.05) is 42.5 Å². The molecule has 0 bridgehead atoms. The average Bonchev–Trinajstić information content (AvgIpc) is 2.48. The first-order valence-electron chi connectivity index (χ1n) is 5.92. The fraction of sp³-hybridized carbons (Fsp3) is 0.188. The molecule has 0 spiro atoms. The predicted octanol–water partition coefficient (Wildman–Crippen LogP) is 4.78. The normalized spacial score (nSPS) is 11.3. The van der Waals surface area contributed by atoms with Gasteiger partial charge in [0.25, 0.3) is 0 Å².